The molecule has 0 spiro atoms. The van der Waals surface area contributed by atoms with Crippen LogP contribution in [0.4, 0.5) is 0 Å². The second kappa shape index (κ2) is 6.35. The Hall–Kier alpha value is -0.120. The van der Waals surface area contributed by atoms with E-state index in [-0.39, 0.29) is 0 Å². The summed E-state index contributed by atoms with van der Waals surface area (Å²) in [5, 5.41) is 11.9. The number of rotatable bonds is 8. The van der Waals surface area contributed by atoms with Crippen molar-refractivity contribution in [2.45, 2.75) is 31.7 Å². The number of hydrogen-bond donors (Lipinski definition) is 2. The molecule has 2 N–H and O–H groups in total. The molecule has 0 aromatic rings. The van der Waals surface area contributed by atoms with Crippen LogP contribution in [0.5, 0.6) is 0 Å². The molecule has 0 amide bonds. The number of nitrogens with zero attached hydrogens (tertiary/aromatic N) is 1. The van der Waals surface area contributed by atoms with Gasteiger partial charge in [0.25, 0.3) is 0 Å². The van der Waals surface area contributed by atoms with Crippen LogP contribution in [0.1, 0.15) is 25.7 Å². The van der Waals surface area contributed by atoms with E-state index >= 15 is 0 Å². The molecule has 0 saturated heterocycles. The normalized spacial score (nSPS) is 16.8. The number of aliphatic hydroxyl groups is 1. The molecular weight excluding hydrogens is 164 g/mol. The van der Waals surface area contributed by atoms with Crippen molar-refractivity contribution in [3.8, 4) is 0 Å². The second-order valence-electron chi connectivity index (χ2n) is 3.80. The summed E-state index contributed by atoms with van der Waals surface area (Å²) >= 11 is 0. The molecule has 13 heavy (non-hydrogen) atoms. The van der Waals surface area contributed by atoms with Gasteiger partial charge in [-0.2, -0.15) is 0 Å². The predicted octanol–water partition coefficient (Wildman–Crippen LogP) is 0.443. The third-order valence-corrected chi connectivity index (χ3v) is 2.54. The fraction of sp³-hybridized carbons (Fsp3) is 1.00. The van der Waals surface area contributed by atoms with Gasteiger partial charge < -0.3 is 15.3 Å². The minimum Gasteiger partial charge on any atom is -0.396 e. The zero-order valence-electron chi connectivity index (χ0n) is 8.63. The summed E-state index contributed by atoms with van der Waals surface area (Å²) < 4.78 is 0. The summed E-state index contributed by atoms with van der Waals surface area (Å²) in [6.07, 6.45) is 4.88. The van der Waals surface area contributed by atoms with Crippen molar-refractivity contribution < 1.29 is 5.11 Å². The lowest BCUT2D eigenvalue weighted by Gasteiger charge is -2.21. The summed E-state index contributed by atoms with van der Waals surface area (Å²) in [5.74, 6) is 0. The van der Waals surface area contributed by atoms with Gasteiger partial charge in [-0.1, -0.05) is 0 Å². The van der Waals surface area contributed by atoms with E-state index in [1.165, 1.54) is 25.8 Å². The van der Waals surface area contributed by atoms with Crippen LogP contribution in [0, 0.1) is 0 Å². The molecule has 1 fully saturated rings. The van der Waals surface area contributed by atoms with Crippen LogP contribution >= 0.6 is 0 Å². The molecule has 0 aromatic heterocycles. The summed E-state index contributed by atoms with van der Waals surface area (Å²) in [4.78, 5) is 2.52. The van der Waals surface area contributed by atoms with Gasteiger partial charge in [-0.05, 0) is 45.8 Å². The smallest absolute Gasteiger partial charge is 0.0443 e. The van der Waals surface area contributed by atoms with Crippen LogP contribution in [0.2, 0.25) is 0 Å². The van der Waals surface area contributed by atoms with Gasteiger partial charge in [0, 0.05) is 19.2 Å². The van der Waals surface area contributed by atoms with E-state index in [9.17, 15) is 0 Å². The van der Waals surface area contributed by atoms with Crippen molar-refractivity contribution in [3.63, 3.8) is 0 Å². The summed E-state index contributed by atoms with van der Waals surface area (Å²) in [6.45, 7) is 3.69. The molecule has 3 heteroatoms. The number of aliphatic hydroxyl groups excluding tert-OH is 1. The summed E-state index contributed by atoms with van der Waals surface area (Å²) in [6, 6.07) is 0.836. The van der Waals surface area contributed by atoms with Crippen LogP contribution in [0.3, 0.4) is 0 Å². The van der Waals surface area contributed by atoms with Gasteiger partial charge >= 0.3 is 0 Å². The van der Waals surface area contributed by atoms with E-state index in [4.69, 9.17) is 5.11 Å². The number of nitrogens with one attached hydrogen (secondary N) is 1. The fourth-order valence-electron chi connectivity index (χ4n) is 1.65. The molecule has 0 atom stereocenters. The van der Waals surface area contributed by atoms with Gasteiger partial charge in [-0.15, -0.1) is 0 Å². The molecule has 1 rings (SSSR count). The van der Waals surface area contributed by atoms with Gasteiger partial charge in [0.15, 0.2) is 0 Å². The van der Waals surface area contributed by atoms with Crippen LogP contribution in [0.15, 0.2) is 0 Å². The molecule has 0 radical (unpaired) electrons. The predicted molar refractivity (Wildman–Crippen MR) is 54.8 cm³/mol. The second-order valence-corrected chi connectivity index (χ2v) is 3.80. The molecular formula is C10H22N2O. The van der Waals surface area contributed by atoms with E-state index in [1.54, 1.807) is 0 Å². The van der Waals surface area contributed by atoms with Gasteiger partial charge in [0.2, 0.25) is 0 Å². The first-order chi connectivity index (χ1) is 6.38. The van der Waals surface area contributed by atoms with Gasteiger partial charge in [-0.25, -0.2) is 0 Å². The average molecular weight is 186 g/mol. The largest absolute Gasteiger partial charge is 0.396 e. The average Bonchev–Trinajstić information content (AvgIpc) is 2.94. The molecule has 1 aliphatic carbocycles. The van der Waals surface area contributed by atoms with Crippen LogP contribution in [-0.4, -0.2) is 49.3 Å². The standard InChI is InChI=1S/C10H22N2O/c1-11-6-2-7-12(8-3-9-13)10-4-5-10/h10-11,13H,2-9H2,1H3. The maximum Gasteiger partial charge on any atom is 0.0443 e. The highest BCUT2D eigenvalue weighted by atomic mass is 16.3. The highest BCUT2D eigenvalue weighted by Gasteiger charge is 2.27. The maximum absolute atomic E-state index is 8.75. The van der Waals surface area contributed by atoms with Crippen LogP contribution in [0.25, 0.3) is 0 Å². The molecule has 0 aliphatic heterocycles. The number of hydrogen-bond acceptors (Lipinski definition) is 3. The first-order valence-corrected chi connectivity index (χ1v) is 5.38. The summed E-state index contributed by atoms with van der Waals surface area (Å²) in [5.41, 5.74) is 0. The zero-order valence-corrected chi connectivity index (χ0v) is 8.63. The first kappa shape index (κ1) is 11.0. The SMILES string of the molecule is CNCCCN(CCCO)C1CC1. The van der Waals surface area contributed by atoms with Crippen molar-refractivity contribution in [2.24, 2.45) is 0 Å². The maximum atomic E-state index is 8.75. The van der Waals surface area contributed by atoms with E-state index < -0.39 is 0 Å². The first-order valence-electron chi connectivity index (χ1n) is 5.38. The lowest BCUT2D eigenvalue weighted by atomic mass is 10.3. The Balaban J connectivity index is 2.06. The highest BCUT2D eigenvalue weighted by Crippen LogP contribution is 2.26. The molecule has 1 aliphatic rings. The Morgan fingerprint density at radius 1 is 1.31 bits per heavy atom. The molecule has 0 bridgehead atoms. The topological polar surface area (TPSA) is 35.5 Å². The Bertz CT molecular complexity index is 126. The van der Waals surface area contributed by atoms with E-state index in [0.717, 1.165) is 25.6 Å². The van der Waals surface area contributed by atoms with E-state index in [1.807, 2.05) is 7.05 Å². The van der Waals surface area contributed by atoms with Gasteiger partial charge in [0.1, 0.15) is 0 Å². The Morgan fingerprint density at radius 3 is 2.54 bits per heavy atom. The molecule has 0 heterocycles. The molecule has 3 nitrogen and oxygen atoms in total. The summed E-state index contributed by atoms with van der Waals surface area (Å²) in [7, 11) is 2.00. The monoisotopic (exact) mass is 186 g/mol. The Morgan fingerprint density at radius 2 is 2.00 bits per heavy atom. The third kappa shape index (κ3) is 4.60. The Labute approximate surface area is 81.1 Å². The van der Waals surface area contributed by atoms with Crippen molar-refractivity contribution in [1.29, 1.82) is 0 Å². The zero-order chi connectivity index (χ0) is 9.52. The van der Waals surface area contributed by atoms with Crippen molar-refractivity contribution >= 4 is 0 Å². The van der Waals surface area contributed by atoms with Crippen molar-refractivity contribution in [1.82, 2.24) is 10.2 Å². The van der Waals surface area contributed by atoms with Crippen LogP contribution < -0.4 is 5.32 Å². The minimum absolute atomic E-state index is 0.329. The minimum atomic E-state index is 0.329. The van der Waals surface area contributed by atoms with Gasteiger partial charge in [0.05, 0.1) is 0 Å². The quantitative estimate of drug-likeness (QED) is 0.540. The molecule has 1 saturated carbocycles. The molecule has 0 unspecified atom stereocenters. The van der Waals surface area contributed by atoms with E-state index in [0.29, 0.717) is 6.61 Å². The third-order valence-electron chi connectivity index (χ3n) is 2.54. The van der Waals surface area contributed by atoms with Crippen molar-refractivity contribution in [3.05, 3.63) is 0 Å². The lowest BCUT2D eigenvalue weighted by Crippen LogP contribution is -2.30. The van der Waals surface area contributed by atoms with Crippen LogP contribution in [-0.2, 0) is 0 Å². The molecule has 0 aromatic carbocycles. The van der Waals surface area contributed by atoms with Crippen molar-refractivity contribution in [2.75, 3.05) is 33.3 Å². The van der Waals surface area contributed by atoms with E-state index in [2.05, 4.69) is 10.2 Å². The Kier molecular flexibility index (Phi) is 5.35. The molecule has 78 valence electrons. The highest BCUT2D eigenvalue weighted by molar-refractivity contribution is 4.84. The fourth-order valence-corrected chi connectivity index (χ4v) is 1.65. The lowest BCUT2D eigenvalue weighted by molar-refractivity contribution is 0.216. The van der Waals surface area contributed by atoms with Gasteiger partial charge in [-0.3, -0.25) is 0 Å².